The van der Waals surface area contributed by atoms with Crippen LogP contribution in [0.4, 0.5) is 0 Å². The monoisotopic (exact) mass is 271 g/mol. The highest BCUT2D eigenvalue weighted by atomic mass is 14.9. The lowest BCUT2D eigenvalue weighted by molar-refractivity contribution is 0.575. The predicted molar refractivity (Wildman–Crippen MR) is 84.4 cm³/mol. The summed E-state index contributed by atoms with van der Waals surface area (Å²) in [6.07, 6.45) is 6.18. The zero-order valence-corrected chi connectivity index (χ0v) is 12.6. The lowest BCUT2D eigenvalue weighted by atomic mass is 10.0. The molecule has 1 unspecified atom stereocenters. The van der Waals surface area contributed by atoms with Crippen molar-refractivity contribution < 1.29 is 0 Å². The minimum atomic E-state index is 0.352. The number of rotatable bonds is 8. The average Bonchev–Trinajstić information content (AvgIpc) is 2.49. The van der Waals surface area contributed by atoms with Gasteiger partial charge >= 0.3 is 0 Å². The normalized spacial score (nSPS) is 12.9. The summed E-state index contributed by atoms with van der Waals surface area (Å²) in [5.41, 5.74) is 7.80. The van der Waals surface area contributed by atoms with Gasteiger partial charge in [0, 0.05) is 5.92 Å². The molecule has 0 aliphatic rings. The first-order valence-corrected chi connectivity index (χ1v) is 7.46. The van der Waals surface area contributed by atoms with Crippen molar-refractivity contribution in [2.45, 2.75) is 52.5 Å². The van der Waals surface area contributed by atoms with Crippen molar-refractivity contribution >= 4 is 5.84 Å². The van der Waals surface area contributed by atoms with Crippen LogP contribution in [-0.4, -0.2) is 5.84 Å². The zero-order chi connectivity index (χ0) is 14.8. The Bertz CT molecular complexity index is 454. The Hall–Kier alpha value is -1.82. The lowest BCUT2D eigenvalue weighted by Crippen LogP contribution is -2.21. The second-order valence-electron chi connectivity index (χ2n) is 5.30. The van der Waals surface area contributed by atoms with Crippen LogP contribution in [0.25, 0.3) is 0 Å². The van der Waals surface area contributed by atoms with Gasteiger partial charge < -0.3 is 5.73 Å². The molecule has 2 N–H and O–H groups in total. The highest BCUT2D eigenvalue weighted by molar-refractivity contribution is 5.82. The summed E-state index contributed by atoms with van der Waals surface area (Å²) in [7, 11) is 0. The van der Waals surface area contributed by atoms with Gasteiger partial charge in [-0.3, -0.25) is 4.99 Å². The van der Waals surface area contributed by atoms with Gasteiger partial charge in [0.1, 0.15) is 0 Å². The fraction of sp³-hybridized carbons (Fsp3) is 0.529. The van der Waals surface area contributed by atoms with Crippen LogP contribution in [0.1, 0.15) is 57.1 Å². The average molecular weight is 271 g/mol. The third-order valence-corrected chi connectivity index (χ3v) is 3.52. The second kappa shape index (κ2) is 9.14. The Balaban J connectivity index is 2.41. The topological polar surface area (TPSA) is 62.2 Å². The number of amidine groups is 1. The molecular formula is C17H25N3. The Morgan fingerprint density at radius 3 is 2.55 bits per heavy atom. The minimum absolute atomic E-state index is 0.352. The Kier molecular flexibility index (Phi) is 7.42. The van der Waals surface area contributed by atoms with Gasteiger partial charge in [-0.2, -0.15) is 5.26 Å². The number of unbranched alkanes of at least 4 members (excludes halogenated alkanes) is 3. The number of hydrogen-bond acceptors (Lipinski definition) is 2. The molecule has 0 spiro atoms. The van der Waals surface area contributed by atoms with Gasteiger partial charge in [0.2, 0.25) is 0 Å². The molecule has 1 rings (SSSR count). The van der Waals surface area contributed by atoms with Crippen molar-refractivity contribution in [3.8, 4) is 6.07 Å². The van der Waals surface area contributed by atoms with Gasteiger partial charge in [-0.1, -0.05) is 51.7 Å². The molecule has 0 radical (unpaired) electrons. The van der Waals surface area contributed by atoms with Crippen LogP contribution in [0.15, 0.2) is 29.3 Å². The molecule has 0 bridgehead atoms. The number of nitrogens with two attached hydrogens (primary N) is 1. The van der Waals surface area contributed by atoms with Gasteiger partial charge in [0.05, 0.1) is 24.0 Å². The van der Waals surface area contributed by atoms with Crippen LogP contribution in [0.2, 0.25) is 0 Å². The summed E-state index contributed by atoms with van der Waals surface area (Å²) >= 11 is 0. The molecule has 0 saturated heterocycles. The largest absolute Gasteiger partial charge is 0.387 e. The molecule has 1 atom stereocenters. The molecule has 20 heavy (non-hydrogen) atoms. The molecule has 0 heterocycles. The summed E-state index contributed by atoms with van der Waals surface area (Å²) in [5.74, 6) is 1.09. The van der Waals surface area contributed by atoms with E-state index in [0.717, 1.165) is 17.8 Å². The third-order valence-electron chi connectivity index (χ3n) is 3.52. The molecule has 0 fully saturated rings. The van der Waals surface area contributed by atoms with Gasteiger partial charge in [-0.25, -0.2) is 0 Å². The van der Waals surface area contributed by atoms with Gasteiger partial charge in [0.15, 0.2) is 0 Å². The molecule has 0 aliphatic carbocycles. The molecule has 0 amide bonds. The highest BCUT2D eigenvalue weighted by Crippen LogP contribution is 2.11. The molecule has 0 aromatic heterocycles. The highest BCUT2D eigenvalue weighted by Gasteiger charge is 2.06. The molecular weight excluding hydrogens is 246 g/mol. The Morgan fingerprint density at radius 1 is 1.25 bits per heavy atom. The number of nitriles is 1. The first-order valence-electron chi connectivity index (χ1n) is 7.46. The van der Waals surface area contributed by atoms with E-state index in [4.69, 9.17) is 11.0 Å². The van der Waals surface area contributed by atoms with E-state index in [9.17, 15) is 0 Å². The lowest BCUT2D eigenvalue weighted by Gasteiger charge is -2.10. The van der Waals surface area contributed by atoms with Gasteiger partial charge in [0.25, 0.3) is 0 Å². The van der Waals surface area contributed by atoms with Crippen molar-refractivity contribution in [2.75, 3.05) is 0 Å². The molecule has 0 aliphatic heterocycles. The molecule has 0 saturated carbocycles. The first kappa shape index (κ1) is 16.2. The summed E-state index contributed by atoms with van der Waals surface area (Å²) in [6.45, 7) is 4.96. The molecule has 108 valence electrons. The van der Waals surface area contributed by atoms with E-state index in [0.29, 0.717) is 18.0 Å². The molecule has 1 aromatic carbocycles. The van der Waals surface area contributed by atoms with Crippen molar-refractivity contribution in [3.05, 3.63) is 35.4 Å². The van der Waals surface area contributed by atoms with Crippen LogP contribution >= 0.6 is 0 Å². The maximum Gasteiger partial charge on any atom is 0.0991 e. The van der Waals surface area contributed by atoms with E-state index in [2.05, 4.69) is 24.9 Å². The van der Waals surface area contributed by atoms with E-state index >= 15 is 0 Å². The van der Waals surface area contributed by atoms with Gasteiger partial charge in [-0.15, -0.1) is 0 Å². The smallest absolute Gasteiger partial charge is 0.0991 e. The number of benzene rings is 1. The standard InChI is InChI=1S/C17H25N3/c1-3-4-5-6-7-14(2)17(19)20-13-16-10-8-15(12-18)9-11-16/h8-11,14H,3-7,13H2,1-2H3,(H2,19,20). The summed E-state index contributed by atoms with van der Waals surface area (Å²) in [5, 5.41) is 8.74. The summed E-state index contributed by atoms with van der Waals surface area (Å²) < 4.78 is 0. The number of hydrogen-bond donors (Lipinski definition) is 1. The minimum Gasteiger partial charge on any atom is -0.387 e. The van der Waals surface area contributed by atoms with Crippen molar-refractivity contribution in [1.29, 1.82) is 5.26 Å². The first-order chi connectivity index (χ1) is 9.67. The van der Waals surface area contributed by atoms with E-state index in [1.807, 2.05) is 24.3 Å². The van der Waals surface area contributed by atoms with Crippen LogP contribution in [0.3, 0.4) is 0 Å². The van der Waals surface area contributed by atoms with Crippen LogP contribution in [0.5, 0.6) is 0 Å². The maximum absolute atomic E-state index is 8.74. The Morgan fingerprint density at radius 2 is 1.95 bits per heavy atom. The van der Waals surface area contributed by atoms with Crippen LogP contribution in [-0.2, 0) is 6.54 Å². The van der Waals surface area contributed by atoms with Crippen LogP contribution in [0, 0.1) is 17.2 Å². The second-order valence-corrected chi connectivity index (χ2v) is 5.30. The molecule has 1 aromatic rings. The fourth-order valence-corrected chi connectivity index (χ4v) is 2.05. The fourth-order valence-electron chi connectivity index (χ4n) is 2.05. The van der Waals surface area contributed by atoms with E-state index in [1.165, 1.54) is 25.7 Å². The maximum atomic E-state index is 8.74. The van der Waals surface area contributed by atoms with Crippen LogP contribution < -0.4 is 5.73 Å². The quantitative estimate of drug-likeness (QED) is 0.441. The summed E-state index contributed by atoms with van der Waals surface area (Å²) in [4.78, 5) is 4.46. The van der Waals surface area contributed by atoms with Crippen molar-refractivity contribution in [3.63, 3.8) is 0 Å². The van der Waals surface area contributed by atoms with E-state index in [-0.39, 0.29) is 0 Å². The Labute approximate surface area is 122 Å². The van der Waals surface area contributed by atoms with E-state index < -0.39 is 0 Å². The zero-order valence-electron chi connectivity index (χ0n) is 12.6. The van der Waals surface area contributed by atoms with E-state index in [1.54, 1.807) is 0 Å². The molecule has 3 heteroatoms. The number of nitrogens with zero attached hydrogens (tertiary/aromatic N) is 2. The van der Waals surface area contributed by atoms with Crippen molar-refractivity contribution in [1.82, 2.24) is 0 Å². The van der Waals surface area contributed by atoms with Crippen molar-refractivity contribution in [2.24, 2.45) is 16.6 Å². The van der Waals surface area contributed by atoms with Gasteiger partial charge in [-0.05, 0) is 24.1 Å². The number of aliphatic imine (C=N–C) groups is 1. The predicted octanol–water partition coefficient (Wildman–Crippen LogP) is 4.02. The summed E-state index contributed by atoms with van der Waals surface area (Å²) in [6, 6.07) is 9.60. The SMILES string of the molecule is CCCCCCC(C)C(N)=NCc1ccc(C#N)cc1. The third kappa shape index (κ3) is 5.88. The molecule has 3 nitrogen and oxygen atoms in total.